The largest absolute Gasteiger partial charge is 0.478 e. The van der Waals surface area contributed by atoms with Crippen LogP contribution in [0, 0.1) is 22.7 Å². The predicted molar refractivity (Wildman–Crippen MR) is 77.9 cm³/mol. The Labute approximate surface area is 130 Å². The average Bonchev–Trinajstić information content (AvgIpc) is 2.89. The fourth-order valence-electron chi connectivity index (χ4n) is 2.09. The summed E-state index contributed by atoms with van der Waals surface area (Å²) in [6, 6.07) is 7.58. The van der Waals surface area contributed by atoms with E-state index in [1.807, 2.05) is 12.1 Å². The molecule has 2 aromatic rings. The van der Waals surface area contributed by atoms with E-state index in [4.69, 9.17) is 16.3 Å². The molecule has 0 saturated heterocycles. The second-order valence-electron chi connectivity index (χ2n) is 4.43. The van der Waals surface area contributed by atoms with Crippen molar-refractivity contribution in [2.75, 3.05) is 12.8 Å². The summed E-state index contributed by atoms with van der Waals surface area (Å²) in [5.41, 5.74) is 5.52. The maximum absolute atomic E-state index is 11.9. The van der Waals surface area contributed by atoms with Crippen molar-refractivity contribution in [3.05, 3.63) is 46.8 Å². The Hall–Kier alpha value is -3.78. The number of aromatic carboxylic acids is 1. The molecule has 1 heterocycles. The van der Waals surface area contributed by atoms with Gasteiger partial charge in [0.25, 0.3) is 0 Å². The number of methoxy groups -OCH3 is 1. The quantitative estimate of drug-likeness (QED) is 0.813. The van der Waals surface area contributed by atoms with E-state index in [-0.39, 0.29) is 33.8 Å². The number of ether oxygens (including phenoxy) is 1. The van der Waals surface area contributed by atoms with Crippen molar-refractivity contribution in [2.24, 2.45) is 0 Å². The van der Waals surface area contributed by atoms with Gasteiger partial charge in [0.05, 0.1) is 41.2 Å². The SMILES string of the molecule is COC(=O)c1c(N)c(C#N)cn1-c1ccc(C#N)cc1C(=O)O. The Morgan fingerprint density at radius 3 is 2.52 bits per heavy atom. The number of carboxylic acid groups (broad SMARTS) is 1. The summed E-state index contributed by atoms with van der Waals surface area (Å²) in [5.74, 6) is -2.11. The van der Waals surface area contributed by atoms with Crippen LogP contribution in [0.15, 0.2) is 24.4 Å². The van der Waals surface area contributed by atoms with Crippen molar-refractivity contribution < 1.29 is 19.4 Å². The second-order valence-corrected chi connectivity index (χ2v) is 4.43. The number of hydrogen-bond acceptors (Lipinski definition) is 6. The molecule has 0 amide bonds. The summed E-state index contributed by atoms with van der Waals surface area (Å²) >= 11 is 0. The van der Waals surface area contributed by atoms with E-state index in [2.05, 4.69) is 4.74 Å². The lowest BCUT2D eigenvalue weighted by Crippen LogP contribution is -2.13. The van der Waals surface area contributed by atoms with Gasteiger partial charge in [-0.2, -0.15) is 10.5 Å². The number of aromatic nitrogens is 1. The molecule has 0 atom stereocenters. The number of anilines is 1. The molecule has 0 fully saturated rings. The van der Waals surface area contributed by atoms with Gasteiger partial charge in [-0.3, -0.25) is 0 Å². The molecular formula is C15H10N4O4. The summed E-state index contributed by atoms with van der Waals surface area (Å²) in [5, 5.41) is 27.3. The summed E-state index contributed by atoms with van der Waals surface area (Å²) < 4.78 is 5.80. The van der Waals surface area contributed by atoms with Gasteiger partial charge in [-0.15, -0.1) is 0 Å². The van der Waals surface area contributed by atoms with Crippen LogP contribution >= 0.6 is 0 Å². The van der Waals surface area contributed by atoms with Crippen molar-refractivity contribution in [1.82, 2.24) is 4.57 Å². The molecule has 0 spiro atoms. The van der Waals surface area contributed by atoms with Crippen LogP contribution in [0.2, 0.25) is 0 Å². The number of nitriles is 2. The first-order valence-corrected chi connectivity index (χ1v) is 6.21. The van der Waals surface area contributed by atoms with Crippen molar-refractivity contribution in [3.63, 3.8) is 0 Å². The van der Waals surface area contributed by atoms with Gasteiger partial charge in [0, 0.05) is 6.20 Å². The van der Waals surface area contributed by atoms with Gasteiger partial charge in [0.2, 0.25) is 0 Å². The molecule has 8 nitrogen and oxygen atoms in total. The summed E-state index contributed by atoms with van der Waals surface area (Å²) in [6.45, 7) is 0. The first kappa shape index (κ1) is 15.6. The molecule has 8 heteroatoms. The van der Waals surface area contributed by atoms with Gasteiger partial charge in [0.1, 0.15) is 6.07 Å². The van der Waals surface area contributed by atoms with E-state index in [9.17, 15) is 14.7 Å². The maximum atomic E-state index is 11.9. The molecule has 23 heavy (non-hydrogen) atoms. The lowest BCUT2D eigenvalue weighted by molar-refractivity contribution is 0.0591. The van der Waals surface area contributed by atoms with E-state index < -0.39 is 11.9 Å². The van der Waals surface area contributed by atoms with Gasteiger partial charge in [-0.05, 0) is 18.2 Å². The summed E-state index contributed by atoms with van der Waals surface area (Å²) in [4.78, 5) is 23.4. The van der Waals surface area contributed by atoms with Crippen LogP contribution < -0.4 is 5.73 Å². The van der Waals surface area contributed by atoms with E-state index in [1.54, 1.807) is 0 Å². The second kappa shape index (κ2) is 5.92. The highest BCUT2D eigenvalue weighted by atomic mass is 16.5. The molecule has 1 aromatic carbocycles. The number of nitrogens with two attached hydrogens (primary N) is 1. The maximum Gasteiger partial charge on any atom is 0.357 e. The number of benzene rings is 1. The van der Waals surface area contributed by atoms with Crippen LogP contribution in [0.5, 0.6) is 0 Å². The smallest absolute Gasteiger partial charge is 0.357 e. The van der Waals surface area contributed by atoms with E-state index in [0.717, 1.165) is 7.11 Å². The zero-order valence-electron chi connectivity index (χ0n) is 11.9. The minimum atomic E-state index is -1.29. The minimum Gasteiger partial charge on any atom is -0.478 e. The highest BCUT2D eigenvalue weighted by Crippen LogP contribution is 2.27. The molecule has 2 rings (SSSR count). The molecule has 0 aliphatic heterocycles. The first-order chi connectivity index (χ1) is 10.9. The number of carbonyl (C=O) groups excluding carboxylic acids is 1. The predicted octanol–water partition coefficient (Wildman–Crippen LogP) is 1.29. The number of rotatable bonds is 3. The van der Waals surface area contributed by atoms with Crippen LogP contribution in [-0.2, 0) is 4.74 Å². The normalized spacial score (nSPS) is 9.70. The van der Waals surface area contributed by atoms with Crippen molar-refractivity contribution in [1.29, 1.82) is 10.5 Å². The molecule has 0 aliphatic rings. The third-order valence-electron chi connectivity index (χ3n) is 3.16. The van der Waals surface area contributed by atoms with Crippen LogP contribution in [0.3, 0.4) is 0 Å². The molecule has 3 N–H and O–H groups in total. The fourth-order valence-corrected chi connectivity index (χ4v) is 2.09. The Bertz CT molecular complexity index is 899. The van der Waals surface area contributed by atoms with Crippen molar-refractivity contribution >= 4 is 17.6 Å². The lowest BCUT2D eigenvalue weighted by atomic mass is 10.1. The highest BCUT2D eigenvalue weighted by molar-refractivity contribution is 5.98. The van der Waals surface area contributed by atoms with Crippen LogP contribution in [-0.4, -0.2) is 28.7 Å². The van der Waals surface area contributed by atoms with Gasteiger partial charge in [-0.1, -0.05) is 0 Å². The molecule has 0 unspecified atom stereocenters. The summed E-state index contributed by atoms with van der Waals surface area (Å²) in [6.07, 6.45) is 1.25. The summed E-state index contributed by atoms with van der Waals surface area (Å²) in [7, 11) is 1.14. The number of nitrogens with zero attached hydrogens (tertiary/aromatic N) is 3. The Morgan fingerprint density at radius 1 is 1.30 bits per heavy atom. The zero-order valence-corrected chi connectivity index (χ0v) is 11.9. The molecule has 0 aliphatic carbocycles. The fraction of sp³-hybridized carbons (Fsp3) is 0.0667. The molecule has 0 bridgehead atoms. The van der Waals surface area contributed by atoms with E-state index in [1.165, 1.54) is 29.0 Å². The van der Waals surface area contributed by atoms with E-state index in [0.29, 0.717) is 0 Å². The molecule has 114 valence electrons. The lowest BCUT2D eigenvalue weighted by Gasteiger charge is -2.11. The van der Waals surface area contributed by atoms with Crippen molar-refractivity contribution in [2.45, 2.75) is 0 Å². The molecule has 1 aromatic heterocycles. The highest BCUT2D eigenvalue weighted by Gasteiger charge is 2.24. The molecular weight excluding hydrogens is 300 g/mol. The average molecular weight is 310 g/mol. The van der Waals surface area contributed by atoms with Gasteiger partial charge >= 0.3 is 11.9 Å². The molecule has 0 radical (unpaired) electrons. The standard InChI is InChI=1S/C15H10N4O4/c1-23-15(22)13-12(18)9(6-17)7-19(13)11-3-2-8(5-16)4-10(11)14(20)21/h2-4,7H,18H2,1H3,(H,20,21). The number of carboxylic acids is 1. The minimum absolute atomic E-state index is 0.00565. The monoisotopic (exact) mass is 310 g/mol. The Balaban J connectivity index is 2.83. The number of carbonyl (C=O) groups is 2. The third-order valence-corrected chi connectivity index (χ3v) is 3.16. The number of esters is 1. The number of hydrogen-bond donors (Lipinski definition) is 2. The Morgan fingerprint density at radius 2 is 2.00 bits per heavy atom. The van der Waals surface area contributed by atoms with E-state index >= 15 is 0 Å². The van der Waals surface area contributed by atoms with Crippen LogP contribution in [0.4, 0.5) is 5.69 Å². The van der Waals surface area contributed by atoms with Gasteiger partial charge in [-0.25, -0.2) is 9.59 Å². The van der Waals surface area contributed by atoms with Crippen LogP contribution in [0.1, 0.15) is 32.0 Å². The Kier molecular flexibility index (Phi) is 4.01. The molecule has 0 saturated carbocycles. The van der Waals surface area contributed by atoms with Crippen molar-refractivity contribution in [3.8, 4) is 17.8 Å². The van der Waals surface area contributed by atoms with Crippen LogP contribution in [0.25, 0.3) is 5.69 Å². The number of nitrogen functional groups attached to an aromatic ring is 1. The third kappa shape index (κ3) is 2.57. The topological polar surface area (TPSA) is 142 Å². The van der Waals surface area contributed by atoms with Gasteiger partial charge in [0.15, 0.2) is 5.69 Å². The van der Waals surface area contributed by atoms with Gasteiger partial charge < -0.3 is 20.1 Å². The first-order valence-electron chi connectivity index (χ1n) is 6.21. The zero-order chi connectivity index (χ0) is 17.1.